The Hall–Kier alpha value is -2.77. The Labute approximate surface area is 187 Å². The van der Waals surface area contributed by atoms with Crippen molar-refractivity contribution in [1.82, 2.24) is 14.8 Å². The second kappa shape index (κ2) is 9.58. The lowest BCUT2D eigenvalue weighted by Gasteiger charge is -2.34. The first-order valence-electron chi connectivity index (χ1n) is 10.3. The van der Waals surface area contributed by atoms with Crippen molar-refractivity contribution in [2.75, 3.05) is 33.0 Å². The van der Waals surface area contributed by atoms with E-state index >= 15 is 0 Å². The molecule has 7 heteroatoms. The summed E-state index contributed by atoms with van der Waals surface area (Å²) in [7, 11) is 1.65. The first-order chi connectivity index (χ1) is 15.1. The first-order valence-corrected chi connectivity index (χ1v) is 11.5. The van der Waals surface area contributed by atoms with Gasteiger partial charge in [0.15, 0.2) is 0 Å². The number of hydrogen-bond donors (Lipinski definition) is 0. The number of carbonyl (C=O) groups excluding carboxylic acids is 1. The maximum Gasteiger partial charge on any atom is 0.237 e. The highest BCUT2D eigenvalue weighted by atomic mass is 32.2. The number of nitrogens with zero attached hydrogens (tertiary/aromatic N) is 3. The van der Waals surface area contributed by atoms with Crippen LogP contribution in [0.3, 0.4) is 0 Å². The van der Waals surface area contributed by atoms with Crippen LogP contribution in [0.1, 0.15) is 17.0 Å². The lowest BCUT2D eigenvalue weighted by Crippen LogP contribution is -2.49. The fourth-order valence-electron chi connectivity index (χ4n) is 3.69. The molecular weight excluding hydrogens is 410 g/mol. The van der Waals surface area contributed by atoms with Crippen LogP contribution in [0.25, 0.3) is 11.5 Å². The molecular formula is C24H27N3O3S. The monoisotopic (exact) mass is 437 g/mol. The number of benzene rings is 2. The van der Waals surface area contributed by atoms with Gasteiger partial charge in [0.25, 0.3) is 0 Å². The van der Waals surface area contributed by atoms with Crippen LogP contribution in [0.4, 0.5) is 0 Å². The molecule has 0 radical (unpaired) electrons. The summed E-state index contributed by atoms with van der Waals surface area (Å²) in [5, 5.41) is 0. The molecule has 1 saturated heterocycles. The van der Waals surface area contributed by atoms with E-state index in [1.165, 1.54) is 4.90 Å². The van der Waals surface area contributed by atoms with Gasteiger partial charge in [-0.15, -0.1) is 11.8 Å². The van der Waals surface area contributed by atoms with Crippen LogP contribution < -0.4 is 4.74 Å². The van der Waals surface area contributed by atoms with Gasteiger partial charge in [0.05, 0.1) is 19.3 Å². The van der Waals surface area contributed by atoms with Crippen molar-refractivity contribution >= 4 is 17.7 Å². The molecule has 1 aliphatic heterocycles. The summed E-state index contributed by atoms with van der Waals surface area (Å²) in [5.74, 6) is 2.37. The second-order valence-electron chi connectivity index (χ2n) is 7.63. The molecule has 0 atom stereocenters. The van der Waals surface area contributed by atoms with Gasteiger partial charge in [-0.25, -0.2) is 4.98 Å². The van der Waals surface area contributed by atoms with Crippen molar-refractivity contribution in [2.45, 2.75) is 24.9 Å². The summed E-state index contributed by atoms with van der Waals surface area (Å²) in [6.07, 6.45) is 2.06. The number of piperazine rings is 1. The number of hydrogen-bond acceptors (Lipinski definition) is 6. The molecule has 0 bridgehead atoms. The van der Waals surface area contributed by atoms with Gasteiger partial charge in [-0.1, -0.05) is 12.1 Å². The zero-order valence-electron chi connectivity index (χ0n) is 18.1. The van der Waals surface area contributed by atoms with Crippen LogP contribution in [-0.4, -0.2) is 53.7 Å². The molecule has 0 N–H and O–H groups in total. The summed E-state index contributed by atoms with van der Waals surface area (Å²) in [5.41, 5.74) is 2.93. The Morgan fingerprint density at radius 2 is 1.94 bits per heavy atom. The minimum atomic E-state index is 0.128. The smallest absolute Gasteiger partial charge is 0.237 e. The number of thioether (sulfide) groups is 1. The van der Waals surface area contributed by atoms with Crippen molar-refractivity contribution in [2.24, 2.45) is 0 Å². The molecule has 3 aromatic rings. The third-order valence-electron chi connectivity index (χ3n) is 5.51. The van der Waals surface area contributed by atoms with Crippen LogP contribution in [0.15, 0.2) is 57.8 Å². The molecule has 1 aromatic heterocycles. The number of methoxy groups -OCH3 is 1. The predicted octanol–water partition coefficient (Wildman–Crippen LogP) is 4.22. The molecule has 0 spiro atoms. The molecule has 6 nitrogen and oxygen atoms in total. The summed E-state index contributed by atoms with van der Waals surface area (Å²) in [4.78, 5) is 22.7. The summed E-state index contributed by atoms with van der Waals surface area (Å²) < 4.78 is 11.2. The van der Waals surface area contributed by atoms with Crippen molar-refractivity contribution in [1.29, 1.82) is 0 Å². The maximum atomic E-state index is 12.7. The Morgan fingerprint density at radius 1 is 1.13 bits per heavy atom. The van der Waals surface area contributed by atoms with Crippen molar-refractivity contribution in [3.05, 3.63) is 65.5 Å². The molecule has 4 rings (SSSR count). The summed E-state index contributed by atoms with van der Waals surface area (Å²) >= 11 is 1.71. The molecule has 2 aromatic carbocycles. The zero-order valence-corrected chi connectivity index (χ0v) is 18.9. The minimum absolute atomic E-state index is 0.128. The number of amides is 1. The molecule has 0 saturated carbocycles. The predicted molar refractivity (Wildman–Crippen MR) is 122 cm³/mol. The van der Waals surface area contributed by atoms with E-state index in [0.29, 0.717) is 32.1 Å². The van der Waals surface area contributed by atoms with Gasteiger partial charge in [0.1, 0.15) is 11.5 Å². The number of oxazole rings is 1. The van der Waals surface area contributed by atoms with Gasteiger partial charge in [-0.3, -0.25) is 9.69 Å². The molecule has 1 aliphatic rings. The van der Waals surface area contributed by atoms with Crippen LogP contribution in [0, 0.1) is 6.92 Å². The van der Waals surface area contributed by atoms with Gasteiger partial charge in [0, 0.05) is 36.6 Å². The van der Waals surface area contributed by atoms with Gasteiger partial charge < -0.3 is 14.1 Å². The number of aryl methyl sites for hydroxylation is 1. The summed E-state index contributed by atoms with van der Waals surface area (Å²) in [6, 6.07) is 16.1. The van der Waals surface area contributed by atoms with E-state index in [1.807, 2.05) is 48.2 Å². The van der Waals surface area contributed by atoms with Crippen molar-refractivity contribution in [3.8, 4) is 17.2 Å². The minimum Gasteiger partial charge on any atom is -0.497 e. The molecule has 1 amide bonds. The Balaban J connectivity index is 1.37. The largest absolute Gasteiger partial charge is 0.497 e. The van der Waals surface area contributed by atoms with Gasteiger partial charge in [0.2, 0.25) is 11.8 Å². The first kappa shape index (κ1) is 21.5. The highest BCUT2D eigenvalue weighted by Gasteiger charge is 2.25. The molecule has 1 fully saturated rings. The van der Waals surface area contributed by atoms with Gasteiger partial charge in [-0.05, 0) is 55.1 Å². The van der Waals surface area contributed by atoms with Crippen molar-refractivity contribution < 1.29 is 13.9 Å². The lowest BCUT2D eigenvalue weighted by molar-refractivity contribution is -0.136. The normalized spacial score (nSPS) is 14.8. The molecule has 31 heavy (non-hydrogen) atoms. The molecule has 0 unspecified atom stereocenters. The Morgan fingerprint density at radius 3 is 2.65 bits per heavy atom. The standard InChI is InChI=1S/C24H27N3O3S/c1-17-22(25-24(30-17)19-7-9-21(31-3)10-8-19)15-26-11-12-27(23(28)16-26)14-18-5-4-6-20(13-18)29-2/h4-10,13H,11-12,14-16H2,1-3H3. The highest BCUT2D eigenvalue weighted by molar-refractivity contribution is 7.98. The Bertz CT molecular complexity index is 1050. The Kier molecular flexibility index (Phi) is 6.63. The van der Waals surface area contributed by atoms with E-state index in [1.54, 1.807) is 18.9 Å². The van der Waals surface area contributed by atoms with E-state index in [2.05, 4.69) is 23.3 Å². The van der Waals surface area contributed by atoms with Crippen LogP contribution in [-0.2, 0) is 17.9 Å². The van der Waals surface area contributed by atoms with Crippen LogP contribution in [0.2, 0.25) is 0 Å². The summed E-state index contributed by atoms with van der Waals surface area (Å²) in [6.45, 7) is 5.02. The fourth-order valence-corrected chi connectivity index (χ4v) is 4.10. The SMILES string of the molecule is COc1cccc(CN2CCN(Cc3nc(-c4ccc(SC)cc4)oc3C)CC2=O)c1. The number of aromatic nitrogens is 1. The van der Waals surface area contributed by atoms with Crippen molar-refractivity contribution in [3.63, 3.8) is 0 Å². The van der Waals surface area contributed by atoms with Crippen LogP contribution in [0.5, 0.6) is 5.75 Å². The second-order valence-corrected chi connectivity index (χ2v) is 8.51. The fraction of sp³-hybridized carbons (Fsp3) is 0.333. The van der Waals surface area contributed by atoms with E-state index in [-0.39, 0.29) is 5.91 Å². The number of ether oxygens (including phenoxy) is 1. The molecule has 0 aliphatic carbocycles. The van der Waals surface area contributed by atoms with Gasteiger partial charge in [-0.2, -0.15) is 0 Å². The van der Waals surface area contributed by atoms with E-state index in [0.717, 1.165) is 34.9 Å². The quantitative estimate of drug-likeness (QED) is 0.516. The number of rotatable bonds is 7. The lowest BCUT2D eigenvalue weighted by atomic mass is 10.1. The average Bonchev–Trinajstić information content (AvgIpc) is 3.16. The maximum absolute atomic E-state index is 12.7. The zero-order chi connectivity index (χ0) is 21.8. The molecule has 162 valence electrons. The third-order valence-corrected chi connectivity index (χ3v) is 6.25. The highest BCUT2D eigenvalue weighted by Crippen LogP contribution is 2.25. The number of carbonyl (C=O) groups is 1. The topological polar surface area (TPSA) is 58.8 Å². The van der Waals surface area contributed by atoms with E-state index in [4.69, 9.17) is 14.1 Å². The average molecular weight is 438 g/mol. The molecule has 2 heterocycles. The van der Waals surface area contributed by atoms with E-state index in [9.17, 15) is 4.79 Å². The van der Waals surface area contributed by atoms with Gasteiger partial charge >= 0.3 is 0 Å². The van der Waals surface area contributed by atoms with E-state index < -0.39 is 0 Å². The van der Waals surface area contributed by atoms with Crippen LogP contribution >= 0.6 is 11.8 Å². The third kappa shape index (κ3) is 5.11.